The molecule has 1 saturated heterocycles. The first kappa shape index (κ1) is 16.4. The lowest BCUT2D eigenvalue weighted by atomic mass is 9.72. The van der Waals surface area contributed by atoms with Gasteiger partial charge in [0.2, 0.25) is 5.91 Å². The minimum atomic E-state index is -1.41. The van der Waals surface area contributed by atoms with Crippen molar-refractivity contribution < 1.29 is 23.5 Å². The van der Waals surface area contributed by atoms with Gasteiger partial charge in [0.1, 0.15) is 11.6 Å². The Morgan fingerprint density at radius 1 is 1.18 bits per heavy atom. The normalized spacial score (nSPS) is 24.4. The van der Waals surface area contributed by atoms with Crippen molar-refractivity contribution in [1.82, 2.24) is 4.90 Å². The first-order chi connectivity index (χ1) is 10.1. The molecular formula is C16H18F2NO3-. The van der Waals surface area contributed by atoms with Crippen molar-refractivity contribution in [3.05, 3.63) is 35.4 Å². The Labute approximate surface area is 127 Å². The van der Waals surface area contributed by atoms with Gasteiger partial charge in [0, 0.05) is 11.5 Å². The zero-order valence-electron chi connectivity index (χ0n) is 12.8. The van der Waals surface area contributed by atoms with Gasteiger partial charge in [-0.1, -0.05) is 13.8 Å². The molecule has 1 aromatic rings. The molecule has 0 N–H and O–H groups in total. The Morgan fingerprint density at radius 3 is 2.23 bits per heavy atom. The summed E-state index contributed by atoms with van der Waals surface area (Å²) in [6.07, 6.45) is 0.895. The van der Waals surface area contributed by atoms with Crippen LogP contribution in [0.25, 0.3) is 0 Å². The number of amides is 1. The number of benzene rings is 1. The van der Waals surface area contributed by atoms with Crippen LogP contribution in [0.2, 0.25) is 0 Å². The summed E-state index contributed by atoms with van der Waals surface area (Å²) in [6, 6.07) is 3.01. The molecule has 4 nitrogen and oxygen atoms in total. The number of carboxylic acid groups (broad SMARTS) is 1. The lowest BCUT2D eigenvalue weighted by molar-refractivity contribution is -0.307. The molecule has 0 aromatic heterocycles. The zero-order valence-corrected chi connectivity index (χ0v) is 12.8. The van der Waals surface area contributed by atoms with Crippen LogP contribution >= 0.6 is 0 Å². The van der Waals surface area contributed by atoms with Crippen molar-refractivity contribution in [2.75, 3.05) is 6.54 Å². The summed E-state index contributed by atoms with van der Waals surface area (Å²) in [5.41, 5.74) is -1.56. The van der Waals surface area contributed by atoms with Crippen LogP contribution in [0.3, 0.4) is 0 Å². The topological polar surface area (TPSA) is 60.4 Å². The van der Waals surface area contributed by atoms with Crippen LogP contribution in [0.15, 0.2) is 18.2 Å². The van der Waals surface area contributed by atoms with Crippen LogP contribution < -0.4 is 5.11 Å². The smallest absolute Gasteiger partial charge is 0.229 e. The number of carbonyl (C=O) groups excluding carboxylic acids is 2. The standard InChI is InChI=1S/C16H19F2NO3/c1-15(2)4-5-16(3,19(14(15)22)9-13(20)21)10-6-11(17)8-12(18)7-10/h6-8H,4-5,9H2,1-3H3,(H,20,21)/p-1/t16-/m0/s1. The fourth-order valence-electron chi connectivity index (χ4n) is 2.93. The predicted octanol–water partition coefficient (Wildman–Crippen LogP) is 1.58. The molecule has 1 aliphatic heterocycles. The van der Waals surface area contributed by atoms with Crippen molar-refractivity contribution in [1.29, 1.82) is 0 Å². The van der Waals surface area contributed by atoms with E-state index in [4.69, 9.17) is 0 Å². The van der Waals surface area contributed by atoms with E-state index in [1.54, 1.807) is 20.8 Å². The van der Waals surface area contributed by atoms with E-state index in [0.29, 0.717) is 12.8 Å². The van der Waals surface area contributed by atoms with E-state index in [1.165, 1.54) is 0 Å². The average Bonchev–Trinajstić information content (AvgIpc) is 2.39. The van der Waals surface area contributed by atoms with Gasteiger partial charge < -0.3 is 14.8 Å². The minimum absolute atomic E-state index is 0.245. The number of piperidine rings is 1. The number of hydrogen-bond acceptors (Lipinski definition) is 3. The third-order valence-electron chi connectivity index (χ3n) is 4.43. The maximum atomic E-state index is 13.5. The second kappa shape index (κ2) is 5.34. The lowest BCUT2D eigenvalue weighted by Gasteiger charge is -2.50. The maximum absolute atomic E-state index is 13.5. The molecule has 1 heterocycles. The highest BCUT2D eigenvalue weighted by Crippen LogP contribution is 2.44. The number of aliphatic carboxylic acids is 1. The highest BCUT2D eigenvalue weighted by molar-refractivity contribution is 5.86. The van der Waals surface area contributed by atoms with E-state index in [-0.39, 0.29) is 11.5 Å². The van der Waals surface area contributed by atoms with Gasteiger partial charge in [-0.15, -0.1) is 0 Å². The van der Waals surface area contributed by atoms with Gasteiger partial charge in [-0.3, -0.25) is 4.79 Å². The van der Waals surface area contributed by atoms with Crippen LogP contribution in [0.4, 0.5) is 8.78 Å². The molecule has 2 rings (SSSR count). The summed E-state index contributed by atoms with van der Waals surface area (Å²) in [7, 11) is 0. The third kappa shape index (κ3) is 2.82. The highest BCUT2D eigenvalue weighted by atomic mass is 19.1. The molecule has 1 amide bonds. The van der Waals surface area contributed by atoms with Crippen molar-refractivity contribution >= 4 is 11.9 Å². The molecule has 0 spiro atoms. The van der Waals surface area contributed by atoms with Crippen molar-refractivity contribution in [3.63, 3.8) is 0 Å². The van der Waals surface area contributed by atoms with Gasteiger partial charge in [-0.05, 0) is 37.5 Å². The first-order valence-electron chi connectivity index (χ1n) is 7.05. The molecular weight excluding hydrogens is 292 g/mol. The van der Waals surface area contributed by atoms with Gasteiger partial charge in [0.15, 0.2) is 0 Å². The van der Waals surface area contributed by atoms with E-state index >= 15 is 0 Å². The van der Waals surface area contributed by atoms with Gasteiger partial charge >= 0.3 is 0 Å². The molecule has 6 heteroatoms. The number of hydrogen-bond donors (Lipinski definition) is 0. The molecule has 1 aromatic carbocycles. The maximum Gasteiger partial charge on any atom is 0.229 e. The SMILES string of the molecule is CC1(C)CC[C@@](C)(c2cc(F)cc(F)c2)N(CC(=O)[O-])C1=O. The largest absolute Gasteiger partial charge is 0.548 e. The number of rotatable bonds is 3. The van der Waals surface area contributed by atoms with Crippen LogP contribution in [-0.4, -0.2) is 23.3 Å². The molecule has 0 aliphatic carbocycles. The molecule has 0 bridgehead atoms. The fraction of sp³-hybridized carbons (Fsp3) is 0.500. The van der Waals surface area contributed by atoms with E-state index in [2.05, 4.69) is 0 Å². The van der Waals surface area contributed by atoms with Crippen molar-refractivity contribution in [2.45, 2.75) is 39.2 Å². The Hall–Kier alpha value is -1.98. The Kier molecular flexibility index (Phi) is 3.98. The highest BCUT2D eigenvalue weighted by Gasteiger charge is 2.48. The molecule has 0 unspecified atom stereocenters. The van der Waals surface area contributed by atoms with Gasteiger partial charge in [-0.2, -0.15) is 0 Å². The molecule has 0 radical (unpaired) electrons. The Morgan fingerprint density at radius 2 is 1.73 bits per heavy atom. The Bertz CT molecular complexity index is 610. The second-order valence-corrected chi connectivity index (χ2v) is 6.58. The van der Waals surface area contributed by atoms with Gasteiger partial charge in [0.25, 0.3) is 0 Å². The van der Waals surface area contributed by atoms with Crippen molar-refractivity contribution in [2.24, 2.45) is 5.41 Å². The quantitative estimate of drug-likeness (QED) is 0.851. The Balaban J connectivity index is 2.53. The summed E-state index contributed by atoms with van der Waals surface area (Å²) in [6.45, 7) is 4.46. The van der Waals surface area contributed by atoms with E-state index in [9.17, 15) is 23.5 Å². The number of carboxylic acids is 1. The fourth-order valence-corrected chi connectivity index (χ4v) is 2.93. The molecule has 1 atom stereocenters. The number of likely N-dealkylation sites (tertiary alicyclic amines) is 1. The number of carbonyl (C=O) groups is 2. The molecule has 0 saturated carbocycles. The minimum Gasteiger partial charge on any atom is -0.548 e. The predicted molar refractivity (Wildman–Crippen MR) is 73.4 cm³/mol. The average molecular weight is 310 g/mol. The van der Waals surface area contributed by atoms with Crippen molar-refractivity contribution in [3.8, 4) is 0 Å². The monoisotopic (exact) mass is 310 g/mol. The molecule has 22 heavy (non-hydrogen) atoms. The second-order valence-electron chi connectivity index (χ2n) is 6.58. The van der Waals surface area contributed by atoms with Crippen LogP contribution in [0.1, 0.15) is 39.2 Å². The van der Waals surface area contributed by atoms with Crippen LogP contribution in [0, 0.1) is 17.0 Å². The summed E-state index contributed by atoms with van der Waals surface area (Å²) in [5, 5.41) is 11.0. The summed E-state index contributed by atoms with van der Waals surface area (Å²) in [4.78, 5) is 24.8. The first-order valence-corrected chi connectivity index (χ1v) is 7.05. The van der Waals surface area contributed by atoms with Gasteiger partial charge in [0.05, 0.1) is 18.1 Å². The summed E-state index contributed by atoms with van der Waals surface area (Å²) in [5.74, 6) is -3.30. The van der Waals surface area contributed by atoms with Gasteiger partial charge in [-0.25, -0.2) is 8.78 Å². The van der Waals surface area contributed by atoms with E-state index in [1.807, 2.05) is 0 Å². The van der Waals surface area contributed by atoms with Crippen LogP contribution in [0.5, 0.6) is 0 Å². The molecule has 1 aliphatic rings. The summed E-state index contributed by atoms with van der Waals surface area (Å²) < 4.78 is 27.0. The lowest BCUT2D eigenvalue weighted by Crippen LogP contribution is -2.59. The number of nitrogens with zero attached hydrogens (tertiary/aromatic N) is 1. The molecule has 120 valence electrons. The van der Waals surface area contributed by atoms with Crippen LogP contribution in [-0.2, 0) is 15.1 Å². The molecule has 1 fully saturated rings. The third-order valence-corrected chi connectivity index (χ3v) is 4.43. The number of halogens is 2. The van der Waals surface area contributed by atoms with E-state index in [0.717, 1.165) is 23.1 Å². The summed E-state index contributed by atoms with van der Waals surface area (Å²) >= 11 is 0. The van der Waals surface area contributed by atoms with E-state index < -0.39 is 35.1 Å². The zero-order chi connectivity index (χ0) is 16.7.